The Labute approximate surface area is 132 Å². The first-order chi connectivity index (χ1) is 10.7. The molecular formula is C17H27N3O2. The number of nitrogens with zero attached hydrogens (tertiary/aromatic N) is 1. The van der Waals surface area contributed by atoms with Gasteiger partial charge in [-0.15, -0.1) is 0 Å². The Morgan fingerprint density at radius 3 is 2.59 bits per heavy atom. The Hall–Kier alpha value is -1.78. The van der Waals surface area contributed by atoms with E-state index < -0.39 is 0 Å². The zero-order chi connectivity index (χ0) is 15.8. The highest BCUT2D eigenvalue weighted by atomic mass is 16.2. The van der Waals surface area contributed by atoms with E-state index in [0.29, 0.717) is 25.2 Å². The number of hydrogen-bond donors (Lipinski definition) is 2. The maximum absolute atomic E-state index is 11.9. The molecule has 5 nitrogen and oxygen atoms in total. The van der Waals surface area contributed by atoms with E-state index in [1.54, 1.807) is 10.6 Å². The number of carbonyl (C=O) groups is 2. The lowest BCUT2D eigenvalue weighted by atomic mass is 9.86. The molecule has 2 amide bonds. The van der Waals surface area contributed by atoms with Crippen molar-refractivity contribution in [2.24, 2.45) is 13.0 Å². The zero-order valence-electron chi connectivity index (χ0n) is 13.4. The molecule has 0 aromatic carbocycles. The van der Waals surface area contributed by atoms with Gasteiger partial charge in [-0.3, -0.25) is 9.59 Å². The van der Waals surface area contributed by atoms with E-state index in [0.717, 1.165) is 12.3 Å². The van der Waals surface area contributed by atoms with Crippen LogP contribution in [0.5, 0.6) is 0 Å². The van der Waals surface area contributed by atoms with Crippen LogP contribution in [0.3, 0.4) is 0 Å². The fourth-order valence-corrected chi connectivity index (χ4v) is 3.06. The molecule has 0 unspecified atom stereocenters. The number of amides is 2. The fraction of sp³-hybridized carbons (Fsp3) is 0.647. The van der Waals surface area contributed by atoms with Crippen molar-refractivity contribution in [3.8, 4) is 0 Å². The lowest BCUT2D eigenvalue weighted by molar-refractivity contribution is -0.121. The Bertz CT molecular complexity index is 490. The van der Waals surface area contributed by atoms with Gasteiger partial charge < -0.3 is 15.2 Å². The highest BCUT2D eigenvalue weighted by Crippen LogP contribution is 2.27. The molecule has 1 aliphatic rings. The quantitative estimate of drug-likeness (QED) is 0.759. The standard InChI is InChI=1S/C17H27N3O2/c1-20-13-5-8-15(20)17(22)19-12-11-18-16(21)10-9-14-6-3-2-4-7-14/h5,8,13-14H,2-4,6-7,9-12H2,1H3,(H,18,21)(H,19,22). The first-order valence-corrected chi connectivity index (χ1v) is 8.33. The molecule has 22 heavy (non-hydrogen) atoms. The van der Waals surface area contributed by atoms with E-state index in [9.17, 15) is 9.59 Å². The third-order valence-electron chi connectivity index (χ3n) is 4.41. The molecule has 0 atom stereocenters. The summed E-state index contributed by atoms with van der Waals surface area (Å²) in [6, 6.07) is 3.61. The summed E-state index contributed by atoms with van der Waals surface area (Å²) in [4.78, 5) is 23.6. The average molecular weight is 305 g/mol. The van der Waals surface area contributed by atoms with Crippen LogP contribution in [0, 0.1) is 5.92 Å². The normalized spacial score (nSPS) is 15.5. The minimum atomic E-state index is -0.107. The molecule has 1 fully saturated rings. The molecule has 0 radical (unpaired) electrons. The SMILES string of the molecule is Cn1cccc1C(=O)NCCNC(=O)CCC1CCCCC1. The minimum Gasteiger partial charge on any atom is -0.354 e. The summed E-state index contributed by atoms with van der Waals surface area (Å²) in [6.45, 7) is 0.943. The molecule has 0 spiro atoms. The van der Waals surface area contributed by atoms with Crippen LogP contribution in [0.1, 0.15) is 55.4 Å². The van der Waals surface area contributed by atoms with Crippen LogP contribution in [0.4, 0.5) is 0 Å². The molecule has 1 heterocycles. The molecule has 1 aliphatic carbocycles. The molecule has 1 aromatic rings. The van der Waals surface area contributed by atoms with Crippen molar-refractivity contribution in [1.82, 2.24) is 15.2 Å². The third-order valence-corrected chi connectivity index (χ3v) is 4.41. The first kappa shape index (κ1) is 16.6. The summed E-state index contributed by atoms with van der Waals surface area (Å²) in [5, 5.41) is 5.69. The van der Waals surface area contributed by atoms with Gasteiger partial charge in [-0.1, -0.05) is 32.1 Å². The Morgan fingerprint density at radius 1 is 1.18 bits per heavy atom. The molecule has 122 valence electrons. The zero-order valence-corrected chi connectivity index (χ0v) is 13.4. The van der Waals surface area contributed by atoms with Crippen LogP contribution >= 0.6 is 0 Å². The van der Waals surface area contributed by atoms with E-state index in [1.165, 1.54) is 32.1 Å². The summed E-state index contributed by atoms with van der Waals surface area (Å²) in [5.74, 6) is 0.721. The van der Waals surface area contributed by atoms with Crippen LogP contribution in [-0.2, 0) is 11.8 Å². The molecule has 0 aliphatic heterocycles. The highest BCUT2D eigenvalue weighted by molar-refractivity contribution is 5.92. The van der Waals surface area contributed by atoms with E-state index in [4.69, 9.17) is 0 Å². The maximum Gasteiger partial charge on any atom is 0.267 e. The fourth-order valence-electron chi connectivity index (χ4n) is 3.06. The Morgan fingerprint density at radius 2 is 1.91 bits per heavy atom. The van der Waals surface area contributed by atoms with Crippen molar-refractivity contribution in [3.05, 3.63) is 24.0 Å². The molecule has 1 aromatic heterocycles. The molecule has 0 bridgehead atoms. The summed E-state index contributed by atoms with van der Waals surface area (Å²) in [6.07, 6.45) is 9.98. The van der Waals surface area contributed by atoms with Gasteiger partial charge >= 0.3 is 0 Å². The summed E-state index contributed by atoms with van der Waals surface area (Å²) in [7, 11) is 1.84. The van der Waals surface area contributed by atoms with Crippen molar-refractivity contribution < 1.29 is 9.59 Å². The number of aryl methyl sites for hydroxylation is 1. The first-order valence-electron chi connectivity index (χ1n) is 8.33. The van der Waals surface area contributed by atoms with Gasteiger partial charge in [0.25, 0.3) is 5.91 Å². The van der Waals surface area contributed by atoms with E-state index in [2.05, 4.69) is 10.6 Å². The van der Waals surface area contributed by atoms with E-state index >= 15 is 0 Å². The lowest BCUT2D eigenvalue weighted by Gasteiger charge is -2.20. The van der Waals surface area contributed by atoms with Gasteiger partial charge in [0, 0.05) is 32.8 Å². The van der Waals surface area contributed by atoms with Gasteiger partial charge in [-0.25, -0.2) is 0 Å². The number of hydrogen-bond acceptors (Lipinski definition) is 2. The number of nitrogens with one attached hydrogen (secondary N) is 2. The van der Waals surface area contributed by atoms with Gasteiger partial charge in [-0.2, -0.15) is 0 Å². The Balaban J connectivity index is 1.55. The lowest BCUT2D eigenvalue weighted by Crippen LogP contribution is -2.35. The van der Waals surface area contributed by atoms with E-state index in [1.807, 2.05) is 19.3 Å². The predicted molar refractivity (Wildman–Crippen MR) is 86.6 cm³/mol. The van der Waals surface area contributed by atoms with Gasteiger partial charge in [0.1, 0.15) is 5.69 Å². The van der Waals surface area contributed by atoms with Gasteiger partial charge in [0.05, 0.1) is 0 Å². The summed E-state index contributed by atoms with van der Waals surface area (Å²) >= 11 is 0. The Kier molecular flexibility index (Phi) is 6.49. The second-order valence-electron chi connectivity index (χ2n) is 6.15. The van der Waals surface area contributed by atoms with Crippen molar-refractivity contribution in [2.75, 3.05) is 13.1 Å². The molecule has 2 N–H and O–H groups in total. The van der Waals surface area contributed by atoms with Gasteiger partial charge in [-0.05, 0) is 24.5 Å². The van der Waals surface area contributed by atoms with Crippen molar-refractivity contribution in [1.29, 1.82) is 0 Å². The van der Waals surface area contributed by atoms with Crippen molar-refractivity contribution in [2.45, 2.75) is 44.9 Å². The monoisotopic (exact) mass is 305 g/mol. The molecule has 2 rings (SSSR count). The topological polar surface area (TPSA) is 63.1 Å². The van der Waals surface area contributed by atoms with Gasteiger partial charge in [0.15, 0.2) is 0 Å². The third kappa shape index (κ3) is 5.20. The summed E-state index contributed by atoms with van der Waals surface area (Å²) in [5.41, 5.74) is 0.628. The number of carbonyl (C=O) groups excluding carboxylic acids is 2. The molecule has 5 heteroatoms. The summed E-state index contributed by atoms with van der Waals surface area (Å²) < 4.78 is 1.78. The average Bonchev–Trinajstić information content (AvgIpc) is 2.96. The smallest absolute Gasteiger partial charge is 0.267 e. The number of rotatable bonds is 7. The predicted octanol–water partition coefficient (Wildman–Crippen LogP) is 2.23. The van der Waals surface area contributed by atoms with Crippen molar-refractivity contribution in [3.63, 3.8) is 0 Å². The van der Waals surface area contributed by atoms with E-state index in [-0.39, 0.29) is 11.8 Å². The van der Waals surface area contributed by atoms with Crippen molar-refractivity contribution >= 4 is 11.8 Å². The molecular weight excluding hydrogens is 278 g/mol. The molecule has 1 saturated carbocycles. The van der Waals surface area contributed by atoms with Crippen LogP contribution in [-0.4, -0.2) is 29.5 Å². The molecule has 0 saturated heterocycles. The van der Waals surface area contributed by atoms with Crippen LogP contribution in [0.2, 0.25) is 0 Å². The number of aromatic nitrogens is 1. The van der Waals surface area contributed by atoms with Gasteiger partial charge in [0.2, 0.25) is 5.91 Å². The van der Waals surface area contributed by atoms with Crippen LogP contribution in [0.25, 0.3) is 0 Å². The van der Waals surface area contributed by atoms with Crippen LogP contribution < -0.4 is 10.6 Å². The highest BCUT2D eigenvalue weighted by Gasteiger charge is 2.14. The maximum atomic E-state index is 11.9. The second-order valence-corrected chi connectivity index (χ2v) is 6.15. The largest absolute Gasteiger partial charge is 0.354 e. The second kappa shape index (κ2) is 8.61. The minimum absolute atomic E-state index is 0.0960. The van der Waals surface area contributed by atoms with Crippen LogP contribution in [0.15, 0.2) is 18.3 Å².